The minimum Gasteiger partial charge on any atom is -0.481 e. The van der Waals surface area contributed by atoms with Crippen molar-refractivity contribution in [1.29, 1.82) is 0 Å². The first-order valence-corrected chi connectivity index (χ1v) is 4.36. The predicted molar refractivity (Wildman–Crippen MR) is 48.7 cm³/mol. The lowest BCUT2D eigenvalue weighted by atomic mass is 9.98. The monoisotopic (exact) mass is 204 g/mol. The molecule has 0 saturated heterocycles. The number of hydrogen-bond donors (Lipinski definition) is 2. The molecule has 82 valence electrons. The zero-order chi connectivity index (χ0) is 11.4. The maximum atomic E-state index is 11.1. The molecule has 0 aromatic heterocycles. The van der Waals surface area contributed by atoms with Gasteiger partial charge in [-0.25, -0.2) is 0 Å². The normalized spacial score (nSPS) is 14.9. The number of aliphatic carboxylic acids is 1. The van der Waals surface area contributed by atoms with E-state index in [1.54, 1.807) is 13.8 Å². The summed E-state index contributed by atoms with van der Waals surface area (Å²) in [5.41, 5.74) is -1.54. The summed E-state index contributed by atoms with van der Waals surface area (Å²) in [5.74, 6) is -1.74. The molecular weight excluding hydrogens is 188 g/mol. The molecule has 0 aromatic rings. The van der Waals surface area contributed by atoms with Crippen molar-refractivity contribution in [2.24, 2.45) is 0 Å². The molecule has 14 heavy (non-hydrogen) atoms. The summed E-state index contributed by atoms with van der Waals surface area (Å²) in [7, 11) is 0. The third kappa shape index (κ3) is 6.42. The van der Waals surface area contributed by atoms with Gasteiger partial charge in [0.25, 0.3) is 0 Å². The van der Waals surface area contributed by atoms with Crippen LogP contribution in [0.15, 0.2) is 0 Å². The number of aliphatic hydroxyl groups is 1. The van der Waals surface area contributed by atoms with Crippen LogP contribution >= 0.6 is 0 Å². The van der Waals surface area contributed by atoms with Gasteiger partial charge in [-0.1, -0.05) is 0 Å². The molecule has 1 atom stereocenters. The SMILES string of the molecule is CC(C)OC(=O)CC(C)(O)CC(=O)O. The van der Waals surface area contributed by atoms with Crippen molar-refractivity contribution in [3.05, 3.63) is 0 Å². The number of carbonyl (C=O) groups is 2. The Morgan fingerprint density at radius 3 is 2.21 bits per heavy atom. The Bertz CT molecular complexity index is 219. The Labute approximate surface area is 82.7 Å². The van der Waals surface area contributed by atoms with Gasteiger partial charge in [0.15, 0.2) is 0 Å². The van der Waals surface area contributed by atoms with Gasteiger partial charge >= 0.3 is 11.9 Å². The highest BCUT2D eigenvalue weighted by Gasteiger charge is 2.28. The highest BCUT2D eigenvalue weighted by atomic mass is 16.5. The van der Waals surface area contributed by atoms with Crippen LogP contribution < -0.4 is 0 Å². The molecule has 0 saturated carbocycles. The van der Waals surface area contributed by atoms with Crippen LogP contribution in [0.1, 0.15) is 33.6 Å². The van der Waals surface area contributed by atoms with E-state index in [0.29, 0.717) is 0 Å². The molecule has 0 fully saturated rings. The molecule has 1 unspecified atom stereocenters. The average molecular weight is 204 g/mol. The summed E-state index contributed by atoms with van der Waals surface area (Å²) < 4.78 is 4.78. The second-order valence-electron chi connectivity index (χ2n) is 3.78. The molecule has 0 aliphatic heterocycles. The van der Waals surface area contributed by atoms with E-state index in [9.17, 15) is 14.7 Å². The van der Waals surface area contributed by atoms with Crippen LogP contribution in [0.25, 0.3) is 0 Å². The van der Waals surface area contributed by atoms with Crippen LogP contribution in [0.4, 0.5) is 0 Å². The molecule has 0 aromatic carbocycles. The van der Waals surface area contributed by atoms with Gasteiger partial charge in [-0.05, 0) is 20.8 Å². The van der Waals surface area contributed by atoms with Crippen LogP contribution in [0.3, 0.4) is 0 Å². The Morgan fingerprint density at radius 1 is 1.36 bits per heavy atom. The summed E-state index contributed by atoms with van der Waals surface area (Å²) in [6.45, 7) is 4.66. The van der Waals surface area contributed by atoms with E-state index in [0.717, 1.165) is 0 Å². The summed E-state index contributed by atoms with van der Waals surface area (Å²) in [5, 5.41) is 17.9. The highest BCUT2D eigenvalue weighted by molar-refractivity contribution is 5.73. The molecule has 0 aliphatic rings. The molecule has 0 heterocycles. The van der Waals surface area contributed by atoms with Gasteiger partial charge in [-0.15, -0.1) is 0 Å². The van der Waals surface area contributed by atoms with Crippen LogP contribution in [-0.2, 0) is 14.3 Å². The number of ether oxygens (including phenoxy) is 1. The fourth-order valence-electron chi connectivity index (χ4n) is 1.00. The third-order valence-corrected chi connectivity index (χ3v) is 1.42. The second-order valence-corrected chi connectivity index (χ2v) is 3.78. The number of esters is 1. The van der Waals surface area contributed by atoms with Gasteiger partial charge in [-0.2, -0.15) is 0 Å². The van der Waals surface area contributed by atoms with E-state index in [-0.39, 0.29) is 12.5 Å². The van der Waals surface area contributed by atoms with Crippen molar-refractivity contribution in [2.45, 2.75) is 45.3 Å². The average Bonchev–Trinajstić information content (AvgIpc) is 1.77. The molecular formula is C9H16O5. The van der Waals surface area contributed by atoms with Gasteiger partial charge in [0.2, 0.25) is 0 Å². The van der Waals surface area contributed by atoms with Crippen molar-refractivity contribution in [2.75, 3.05) is 0 Å². The first-order chi connectivity index (χ1) is 6.23. The number of carboxylic acid groups (broad SMARTS) is 1. The van der Waals surface area contributed by atoms with Crippen LogP contribution in [-0.4, -0.2) is 33.9 Å². The lowest BCUT2D eigenvalue weighted by Gasteiger charge is -2.20. The first kappa shape index (κ1) is 12.9. The van der Waals surface area contributed by atoms with Crippen molar-refractivity contribution in [1.82, 2.24) is 0 Å². The Balaban J connectivity index is 4.08. The van der Waals surface area contributed by atoms with Gasteiger partial charge in [-0.3, -0.25) is 9.59 Å². The molecule has 5 heteroatoms. The summed E-state index contributed by atoms with van der Waals surface area (Å²) >= 11 is 0. The molecule has 2 N–H and O–H groups in total. The minimum atomic E-state index is -1.54. The van der Waals surface area contributed by atoms with E-state index in [1.165, 1.54) is 6.92 Å². The van der Waals surface area contributed by atoms with Crippen molar-refractivity contribution in [3.63, 3.8) is 0 Å². The van der Waals surface area contributed by atoms with Gasteiger partial charge in [0.05, 0.1) is 24.5 Å². The fraction of sp³-hybridized carbons (Fsp3) is 0.778. The summed E-state index contributed by atoms with van der Waals surface area (Å²) in [4.78, 5) is 21.4. The predicted octanol–water partition coefficient (Wildman–Crippen LogP) is 0.554. The number of hydrogen-bond acceptors (Lipinski definition) is 4. The van der Waals surface area contributed by atoms with Gasteiger partial charge < -0.3 is 14.9 Å². The molecule has 0 radical (unpaired) electrons. The zero-order valence-electron chi connectivity index (χ0n) is 8.61. The van der Waals surface area contributed by atoms with Crippen molar-refractivity contribution < 1.29 is 24.5 Å². The van der Waals surface area contributed by atoms with Gasteiger partial charge in [0, 0.05) is 0 Å². The van der Waals surface area contributed by atoms with E-state index in [1.807, 2.05) is 0 Å². The molecule has 5 nitrogen and oxygen atoms in total. The molecule has 0 bridgehead atoms. The third-order valence-electron chi connectivity index (χ3n) is 1.42. The second kappa shape index (κ2) is 4.95. The topological polar surface area (TPSA) is 83.8 Å². The summed E-state index contributed by atoms with van der Waals surface area (Å²) in [6.07, 6.45) is -1.04. The quantitative estimate of drug-likeness (QED) is 0.639. The molecule has 0 aliphatic carbocycles. The number of rotatable bonds is 5. The van der Waals surface area contributed by atoms with E-state index in [4.69, 9.17) is 9.84 Å². The zero-order valence-corrected chi connectivity index (χ0v) is 8.61. The Hall–Kier alpha value is -1.10. The first-order valence-electron chi connectivity index (χ1n) is 4.36. The van der Waals surface area contributed by atoms with Crippen LogP contribution in [0, 0.1) is 0 Å². The molecule has 0 rings (SSSR count). The van der Waals surface area contributed by atoms with Crippen LogP contribution in [0.5, 0.6) is 0 Å². The van der Waals surface area contributed by atoms with Crippen molar-refractivity contribution in [3.8, 4) is 0 Å². The lowest BCUT2D eigenvalue weighted by molar-refractivity contribution is -0.154. The standard InChI is InChI=1S/C9H16O5/c1-6(2)14-8(12)5-9(3,13)4-7(10)11/h6,13H,4-5H2,1-3H3,(H,10,11). The minimum absolute atomic E-state index is 0.261. The molecule has 0 amide bonds. The van der Waals surface area contributed by atoms with E-state index >= 15 is 0 Å². The Morgan fingerprint density at radius 2 is 1.86 bits per heavy atom. The maximum Gasteiger partial charge on any atom is 0.308 e. The molecule has 0 spiro atoms. The smallest absolute Gasteiger partial charge is 0.308 e. The maximum absolute atomic E-state index is 11.1. The van der Waals surface area contributed by atoms with Crippen molar-refractivity contribution >= 4 is 11.9 Å². The highest BCUT2D eigenvalue weighted by Crippen LogP contribution is 2.15. The number of carboxylic acids is 1. The largest absolute Gasteiger partial charge is 0.481 e. The number of carbonyl (C=O) groups excluding carboxylic acids is 1. The van der Waals surface area contributed by atoms with E-state index < -0.39 is 24.0 Å². The lowest BCUT2D eigenvalue weighted by Crippen LogP contribution is -2.32. The van der Waals surface area contributed by atoms with Crippen LogP contribution in [0.2, 0.25) is 0 Å². The fourth-order valence-corrected chi connectivity index (χ4v) is 1.00. The Kier molecular flexibility index (Phi) is 4.56. The summed E-state index contributed by atoms with van der Waals surface area (Å²) in [6, 6.07) is 0. The van der Waals surface area contributed by atoms with Gasteiger partial charge in [0.1, 0.15) is 0 Å². The van der Waals surface area contributed by atoms with E-state index in [2.05, 4.69) is 0 Å².